The third kappa shape index (κ3) is 4.09. The molecule has 3 rings (SSSR count). The van der Waals surface area contributed by atoms with Crippen LogP contribution < -0.4 is 5.32 Å². The van der Waals surface area contributed by atoms with Crippen LogP contribution in [0.1, 0.15) is 21.6 Å². The standard InChI is InChI=1S/C18H16N4O3S/c1-12-9-13(4-5-16(12)22(24)25)17(23)20-8-6-15-11-26-18(21-15)14-3-2-7-19-10-14/h2-5,7,9-11H,6,8H2,1H3,(H,20,23). The van der Waals surface area contributed by atoms with E-state index in [9.17, 15) is 14.9 Å². The first-order valence-corrected chi connectivity index (χ1v) is 8.80. The van der Waals surface area contributed by atoms with Crippen molar-refractivity contribution in [3.05, 3.63) is 75.0 Å². The highest BCUT2D eigenvalue weighted by atomic mass is 32.1. The topological polar surface area (TPSA) is 98.0 Å². The van der Waals surface area contributed by atoms with Gasteiger partial charge in [0.1, 0.15) is 5.01 Å². The first-order chi connectivity index (χ1) is 12.5. The molecule has 132 valence electrons. The minimum Gasteiger partial charge on any atom is -0.352 e. The first-order valence-electron chi connectivity index (χ1n) is 7.92. The van der Waals surface area contributed by atoms with E-state index in [1.54, 1.807) is 19.3 Å². The van der Waals surface area contributed by atoms with Crippen LogP contribution in [0.2, 0.25) is 0 Å². The molecule has 3 aromatic rings. The Labute approximate surface area is 153 Å². The zero-order valence-corrected chi connectivity index (χ0v) is 14.8. The number of carbonyl (C=O) groups is 1. The fraction of sp³-hybridized carbons (Fsp3) is 0.167. The average molecular weight is 368 g/mol. The molecule has 7 nitrogen and oxygen atoms in total. The van der Waals surface area contributed by atoms with Crippen molar-refractivity contribution >= 4 is 22.9 Å². The maximum Gasteiger partial charge on any atom is 0.272 e. The number of rotatable bonds is 6. The molecule has 8 heteroatoms. The van der Waals surface area contributed by atoms with E-state index in [-0.39, 0.29) is 11.6 Å². The predicted molar refractivity (Wildman–Crippen MR) is 99.2 cm³/mol. The van der Waals surface area contributed by atoms with Crippen LogP contribution in [-0.4, -0.2) is 27.3 Å². The Bertz CT molecular complexity index is 941. The smallest absolute Gasteiger partial charge is 0.272 e. The Balaban J connectivity index is 1.57. The molecule has 0 spiro atoms. The minimum atomic E-state index is -0.459. The molecule has 2 heterocycles. The number of carbonyl (C=O) groups excluding carboxylic acids is 1. The van der Waals surface area contributed by atoms with Gasteiger partial charge in [0.05, 0.1) is 10.6 Å². The van der Waals surface area contributed by atoms with Crippen molar-refractivity contribution in [1.29, 1.82) is 0 Å². The second-order valence-corrected chi connectivity index (χ2v) is 6.51. The third-order valence-corrected chi connectivity index (χ3v) is 4.72. The number of hydrogen-bond acceptors (Lipinski definition) is 6. The van der Waals surface area contributed by atoms with Crippen LogP contribution in [0.5, 0.6) is 0 Å². The molecule has 0 atom stereocenters. The van der Waals surface area contributed by atoms with Crippen LogP contribution in [0.15, 0.2) is 48.1 Å². The quantitative estimate of drug-likeness (QED) is 0.531. The number of nitrogens with one attached hydrogen (secondary N) is 1. The summed E-state index contributed by atoms with van der Waals surface area (Å²) in [6.07, 6.45) is 4.09. The van der Waals surface area contributed by atoms with Gasteiger partial charge in [-0.2, -0.15) is 0 Å². The van der Waals surface area contributed by atoms with E-state index in [0.29, 0.717) is 24.1 Å². The zero-order chi connectivity index (χ0) is 18.5. The number of nitro benzene ring substituents is 1. The number of nitro groups is 1. The number of benzene rings is 1. The van der Waals surface area contributed by atoms with Gasteiger partial charge in [-0.25, -0.2) is 4.98 Å². The Morgan fingerprint density at radius 1 is 1.35 bits per heavy atom. The van der Waals surface area contributed by atoms with Crippen molar-refractivity contribution in [2.45, 2.75) is 13.3 Å². The number of aromatic nitrogens is 2. The van der Waals surface area contributed by atoms with Crippen molar-refractivity contribution in [2.24, 2.45) is 0 Å². The Morgan fingerprint density at radius 3 is 2.88 bits per heavy atom. The molecule has 0 saturated carbocycles. The van der Waals surface area contributed by atoms with Gasteiger partial charge in [-0.1, -0.05) is 0 Å². The van der Waals surface area contributed by atoms with Gasteiger partial charge in [-0.3, -0.25) is 19.9 Å². The van der Waals surface area contributed by atoms with Gasteiger partial charge in [-0.05, 0) is 31.2 Å². The lowest BCUT2D eigenvalue weighted by molar-refractivity contribution is -0.385. The normalized spacial score (nSPS) is 10.5. The molecule has 0 bridgehead atoms. The highest BCUT2D eigenvalue weighted by molar-refractivity contribution is 7.13. The summed E-state index contributed by atoms with van der Waals surface area (Å²) in [5.41, 5.74) is 2.74. The fourth-order valence-electron chi connectivity index (χ4n) is 2.45. The lowest BCUT2D eigenvalue weighted by atomic mass is 10.1. The number of pyridine rings is 1. The summed E-state index contributed by atoms with van der Waals surface area (Å²) in [4.78, 5) is 31.2. The molecular formula is C18H16N4O3S. The monoisotopic (exact) mass is 368 g/mol. The lowest BCUT2D eigenvalue weighted by Crippen LogP contribution is -2.25. The van der Waals surface area contributed by atoms with E-state index in [4.69, 9.17) is 0 Å². The third-order valence-electron chi connectivity index (χ3n) is 3.78. The summed E-state index contributed by atoms with van der Waals surface area (Å²) in [6, 6.07) is 8.16. The van der Waals surface area contributed by atoms with Crippen molar-refractivity contribution in [2.75, 3.05) is 6.54 Å². The van der Waals surface area contributed by atoms with Crippen LogP contribution in [0.25, 0.3) is 10.6 Å². The molecule has 0 aliphatic carbocycles. The van der Waals surface area contributed by atoms with E-state index in [1.165, 1.54) is 29.5 Å². The summed E-state index contributed by atoms with van der Waals surface area (Å²) in [5.74, 6) is -0.259. The van der Waals surface area contributed by atoms with Crippen LogP contribution in [0.3, 0.4) is 0 Å². The Morgan fingerprint density at radius 2 is 2.19 bits per heavy atom. The average Bonchev–Trinajstić information content (AvgIpc) is 3.11. The first kappa shape index (κ1) is 17.7. The van der Waals surface area contributed by atoms with Crippen molar-refractivity contribution < 1.29 is 9.72 Å². The number of hydrogen-bond donors (Lipinski definition) is 1. The molecule has 0 unspecified atom stereocenters. The van der Waals surface area contributed by atoms with Crippen LogP contribution in [-0.2, 0) is 6.42 Å². The molecule has 1 N–H and O–H groups in total. The largest absolute Gasteiger partial charge is 0.352 e. The summed E-state index contributed by atoms with van der Waals surface area (Å²) < 4.78 is 0. The number of nitrogens with zero attached hydrogens (tertiary/aromatic N) is 3. The number of thiazole rings is 1. The number of aryl methyl sites for hydroxylation is 1. The summed E-state index contributed by atoms with van der Waals surface area (Å²) in [6.45, 7) is 2.05. The molecule has 0 saturated heterocycles. The van der Waals surface area contributed by atoms with Gasteiger partial charge in [0.15, 0.2) is 0 Å². The van der Waals surface area contributed by atoms with Gasteiger partial charge in [-0.15, -0.1) is 11.3 Å². The Kier molecular flexibility index (Phi) is 5.33. The molecule has 0 fully saturated rings. The maximum atomic E-state index is 12.2. The minimum absolute atomic E-state index is 0.00644. The SMILES string of the molecule is Cc1cc(C(=O)NCCc2csc(-c3cccnc3)n2)ccc1[N+](=O)[O-]. The molecule has 0 aliphatic rings. The lowest BCUT2D eigenvalue weighted by Gasteiger charge is -2.05. The van der Waals surface area contributed by atoms with E-state index >= 15 is 0 Å². The molecule has 26 heavy (non-hydrogen) atoms. The summed E-state index contributed by atoms with van der Waals surface area (Å²) in [7, 11) is 0. The predicted octanol–water partition coefficient (Wildman–Crippen LogP) is 3.39. The van der Waals surface area contributed by atoms with Gasteiger partial charge in [0.25, 0.3) is 11.6 Å². The van der Waals surface area contributed by atoms with Gasteiger partial charge < -0.3 is 5.32 Å². The highest BCUT2D eigenvalue weighted by Gasteiger charge is 2.13. The molecule has 1 amide bonds. The molecular weight excluding hydrogens is 352 g/mol. The molecule has 0 aliphatic heterocycles. The highest BCUT2D eigenvalue weighted by Crippen LogP contribution is 2.22. The van der Waals surface area contributed by atoms with Gasteiger partial charge in [0, 0.05) is 53.5 Å². The van der Waals surface area contributed by atoms with E-state index in [0.717, 1.165) is 16.3 Å². The fourth-order valence-corrected chi connectivity index (χ4v) is 3.30. The van der Waals surface area contributed by atoms with E-state index in [2.05, 4.69) is 15.3 Å². The van der Waals surface area contributed by atoms with E-state index in [1.807, 2.05) is 17.5 Å². The zero-order valence-electron chi connectivity index (χ0n) is 14.0. The Hall–Kier alpha value is -3.13. The second-order valence-electron chi connectivity index (χ2n) is 5.65. The van der Waals surface area contributed by atoms with Gasteiger partial charge >= 0.3 is 0 Å². The second kappa shape index (κ2) is 7.83. The number of amides is 1. The van der Waals surface area contributed by atoms with Crippen LogP contribution in [0, 0.1) is 17.0 Å². The van der Waals surface area contributed by atoms with Crippen molar-refractivity contribution in [3.63, 3.8) is 0 Å². The molecule has 1 aromatic carbocycles. The van der Waals surface area contributed by atoms with Crippen LogP contribution >= 0.6 is 11.3 Å². The maximum absolute atomic E-state index is 12.2. The summed E-state index contributed by atoms with van der Waals surface area (Å²) >= 11 is 1.54. The molecule has 2 aromatic heterocycles. The van der Waals surface area contributed by atoms with E-state index < -0.39 is 4.92 Å². The van der Waals surface area contributed by atoms with Crippen molar-refractivity contribution in [1.82, 2.24) is 15.3 Å². The summed E-state index contributed by atoms with van der Waals surface area (Å²) in [5, 5.41) is 16.5. The van der Waals surface area contributed by atoms with Crippen LogP contribution in [0.4, 0.5) is 5.69 Å². The van der Waals surface area contributed by atoms with Gasteiger partial charge in [0.2, 0.25) is 0 Å². The van der Waals surface area contributed by atoms with Crippen molar-refractivity contribution in [3.8, 4) is 10.6 Å². The molecule has 0 radical (unpaired) electrons.